The Bertz CT molecular complexity index is 1700. The number of carbonyl (C=O) groups excluding carboxylic acids is 2. The number of nitrogens with one attached hydrogen (secondary N) is 4. The van der Waals surface area contributed by atoms with E-state index in [1.54, 1.807) is 18.3 Å². The number of methoxy groups -OCH3 is 1. The summed E-state index contributed by atoms with van der Waals surface area (Å²) < 4.78 is 49.5. The molecule has 2 aliphatic rings. The highest BCUT2D eigenvalue weighted by Crippen LogP contribution is 2.49. The summed E-state index contributed by atoms with van der Waals surface area (Å²) in [6, 6.07) is 11.6. The predicted molar refractivity (Wildman–Crippen MR) is 163 cm³/mol. The third-order valence-electron chi connectivity index (χ3n) is 8.00. The fourth-order valence-corrected chi connectivity index (χ4v) is 5.86. The molecule has 6 rings (SSSR count). The summed E-state index contributed by atoms with van der Waals surface area (Å²) in [5.74, 6) is -0.00174. The molecular formula is C32H32ClF3N5O4+. The van der Waals surface area contributed by atoms with Crippen LogP contribution in [0.3, 0.4) is 0 Å². The van der Waals surface area contributed by atoms with E-state index in [4.69, 9.17) is 21.4 Å². The van der Waals surface area contributed by atoms with Gasteiger partial charge in [-0.1, -0.05) is 11.6 Å². The van der Waals surface area contributed by atoms with Gasteiger partial charge in [-0.3, -0.25) is 9.59 Å². The minimum absolute atomic E-state index is 0.0289. The first-order valence-corrected chi connectivity index (χ1v) is 14.6. The molecule has 4 N–H and O–H groups in total. The van der Waals surface area contributed by atoms with E-state index < -0.39 is 12.4 Å². The van der Waals surface area contributed by atoms with Gasteiger partial charge in [-0.05, 0) is 68.0 Å². The topological polar surface area (TPSA) is 119 Å². The van der Waals surface area contributed by atoms with E-state index in [9.17, 15) is 18.0 Å². The van der Waals surface area contributed by atoms with Crippen LogP contribution in [0.25, 0.3) is 22.4 Å². The number of halogens is 4. The van der Waals surface area contributed by atoms with E-state index >= 15 is 0 Å². The monoisotopic (exact) mass is 642 g/mol. The zero-order chi connectivity index (χ0) is 32.2. The van der Waals surface area contributed by atoms with Crippen LogP contribution >= 0.6 is 11.6 Å². The Morgan fingerprint density at radius 3 is 2.60 bits per heavy atom. The molecule has 1 saturated carbocycles. The van der Waals surface area contributed by atoms with Gasteiger partial charge in [0.1, 0.15) is 17.5 Å². The van der Waals surface area contributed by atoms with E-state index in [0.717, 1.165) is 47.0 Å². The molecule has 1 amide bonds. The third-order valence-corrected chi connectivity index (χ3v) is 8.29. The molecular weight excluding hydrogens is 611 g/mol. The number of pyridine rings is 1. The molecule has 1 aliphatic carbocycles. The summed E-state index contributed by atoms with van der Waals surface area (Å²) in [6.07, 6.45) is 3.67. The van der Waals surface area contributed by atoms with Crippen LogP contribution in [0.15, 0.2) is 48.7 Å². The van der Waals surface area contributed by atoms with E-state index in [0.29, 0.717) is 30.1 Å². The molecule has 45 heavy (non-hydrogen) atoms. The Morgan fingerprint density at radius 1 is 1.16 bits per heavy atom. The molecule has 0 saturated heterocycles. The van der Waals surface area contributed by atoms with Crippen molar-refractivity contribution in [1.29, 1.82) is 0 Å². The maximum atomic E-state index is 15.0. The van der Waals surface area contributed by atoms with Crippen molar-refractivity contribution >= 4 is 35.4 Å². The Hall–Kier alpha value is -4.58. The molecule has 3 unspecified atom stereocenters. The molecule has 4 aromatic rings. The van der Waals surface area contributed by atoms with Crippen LogP contribution in [0.4, 0.5) is 24.5 Å². The summed E-state index contributed by atoms with van der Waals surface area (Å²) in [5, 5.41) is 6.00. The maximum Gasteiger partial charge on any atom is 0.387 e. The smallest absolute Gasteiger partial charge is 0.387 e. The van der Waals surface area contributed by atoms with Gasteiger partial charge in [0.05, 0.1) is 34.6 Å². The molecule has 2 bridgehead atoms. The van der Waals surface area contributed by atoms with Gasteiger partial charge in [-0.2, -0.15) is 8.78 Å². The Balaban J connectivity index is 0.000000945. The van der Waals surface area contributed by atoms with Crippen molar-refractivity contribution in [2.24, 2.45) is 11.8 Å². The number of benzene rings is 2. The first kappa shape index (κ1) is 31.8. The van der Waals surface area contributed by atoms with Crippen molar-refractivity contribution in [3.05, 3.63) is 76.7 Å². The number of aromatic amines is 2. The van der Waals surface area contributed by atoms with Gasteiger partial charge in [0.2, 0.25) is 5.91 Å². The fourth-order valence-electron chi connectivity index (χ4n) is 5.70. The summed E-state index contributed by atoms with van der Waals surface area (Å²) in [7, 11) is 3.14. The Labute approximate surface area is 262 Å². The molecule has 0 spiro atoms. The number of ether oxygens (including phenoxy) is 2. The summed E-state index contributed by atoms with van der Waals surface area (Å²) in [5.41, 5.74) is 4.94. The van der Waals surface area contributed by atoms with E-state index in [1.807, 2.05) is 32.2 Å². The second kappa shape index (κ2) is 13.6. The molecule has 236 valence electrons. The molecule has 2 aromatic heterocycles. The number of anilines is 2. The van der Waals surface area contributed by atoms with Gasteiger partial charge in [0.15, 0.2) is 17.7 Å². The lowest BCUT2D eigenvalue weighted by Crippen LogP contribution is -2.19. The quantitative estimate of drug-likeness (QED) is 0.204. The standard InChI is InChI=1S/C30H27ClF3N5O2.C2H4O2/c1-14-28-19-5-4-18(35-2)12-23(19)38-25(40)11-17-9-16(17)10-20(29(37-14)39-28)22-7-3-15(13-36-22)26-24(41-30(33)34)8-6-21(31)27(26)32;1-4-2-3/h3-8,12-13,16-17,20,30,35H,9-11H2,1-2H3,(H,37,39)(H,38,40);2H,1H3/p+1. The van der Waals surface area contributed by atoms with Crippen LogP contribution in [0.1, 0.15) is 42.4 Å². The van der Waals surface area contributed by atoms with Crippen LogP contribution < -0.4 is 20.4 Å². The van der Waals surface area contributed by atoms with Gasteiger partial charge in [-0.15, -0.1) is 0 Å². The SMILES string of the molecule is CNc1ccc2c(c1)NC(=O)CC1CC1CC(c1ccc(-c3c(OC(F)F)ccc(Cl)c3F)c[nH+]1)c1nc-2c(C)[nH]1.COC=O. The molecule has 1 aliphatic heterocycles. The van der Waals surface area contributed by atoms with Crippen LogP contribution in [-0.2, 0) is 14.3 Å². The normalized spacial score (nSPS) is 18.6. The van der Waals surface area contributed by atoms with E-state index in [-0.39, 0.29) is 34.1 Å². The Kier molecular flexibility index (Phi) is 9.62. The van der Waals surface area contributed by atoms with Crippen molar-refractivity contribution in [1.82, 2.24) is 9.97 Å². The van der Waals surface area contributed by atoms with Crippen LogP contribution in [0, 0.1) is 24.6 Å². The second-order valence-corrected chi connectivity index (χ2v) is 11.3. The number of imidazole rings is 1. The number of rotatable bonds is 6. The number of hydrogen-bond donors (Lipinski definition) is 3. The van der Waals surface area contributed by atoms with Crippen molar-refractivity contribution < 1.29 is 37.2 Å². The molecule has 1 fully saturated rings. The van der Waals surface area contributed by atoms with Gasteiger partial charge >= 0.3 is 6.61 Å². The molecule has 3 atom stereocenters. The molecule has 2 aromatic carbocycles. The summed E-state index contributed by atoms with van der Waals surface area (Å²) in [6.45, 7) is -0.798. The van der Waals surface area contributed by atoms with E-state index in [2.05, 4.69) is 30.1 Å². The number of aromatic nitrogens is 3. The van der Waals surface area contributed by atoms with Crippen molar-refractivity contribution in [2.45, 2.75) is 38.7 Å². The lowest BCUT2D eigenvalue weighted by Gasteiger charge is -2.15. The van der Waals surface area contributed by atoms with Gasteiger partial charge in [0.25, 0.3) is 6.47 Å². The number of amides is 1. The molecule has 9 nitrogen and oxygen atoms in total. The first-order valence-electron chi connectivity index (χ1n) is 14.2. The Morgan fingerprint density at radius 2 is 1.93 bits per heavy atom. The minimum Gasteiger partial charge on any atom is -0.471 e. The van der Waals surface area contributed by atoms with Crippen molar-refractivity contribution in [3.8, 4) is 28.1 Å². The minimum atomic E-state index is -3.12. The number of H-pyrrole nitrogens is 2. The first-order chi connectivity index (χ1) is 21.6. The molecule has 13 heteroatoms. The number of hydrogen-bond acceptors (Lipinski definition) is 6. The highest BCUT2D eigenvalue weighted by molar-refractivity contribution is 6.31. The second-order valence-electron chi connectivity index (χ2n) is 10.9. The number of fused-ring (bicyclic) bond motifs is 5. The largest absolute Gasteiger partial charge is 0.471 e. The summed E-state index contributed by atoms with van der Waals surface area (Å²) in [4.78, 5) is 33.6. The lowest BCUT2D eigenvalue weighted by molar-refractivity contribution is -0.391. The van der Waals surface area contributed by atoms with Crippen LogP contribution in [0.5, 0.6) is 5.75 Å². The maximum absolute atomic E-state index is 15.0. The average Bonchev–Trinajstić information content (AvgIpc) is 3.64. The molecule has 3 heterocycles. The average molecular weight is 643 g/mol. The highest BCUT2D eigenvalue weighted by atomic mass is 35.5. The number of alkyl halides is 2. The fraction of sp³-hybridized carbons (Fsp3) is 0.312. The number of nitrogens with zero attached hydrogens (tertiary/aromatic N) is 1. The van der Waals surface area contributed by atoms with Gasteiger partial charge in [0, 0.05) is 36.5 Å². The van der Waals surface area contributed by atoms with Crippen LogP contribution in [-0.4, -0.2) is 43.1 Å². The lowest BCUT2D eigenvalue weighted by atomic mass is 9.94. The summed E-state index contributed by atoms with van der Waals surface area (Å²) >= 11 is 5.96. The third kappa shape index (κ3) is 7.06. The van der Waals surface area contributed by atoms with E-state index in [1.165, 1.54) is 19.2 Å². The number of aryl methyl sites for hydroxylation is 1. The zero-order valence-corrected chi connectivity index (χ0v) is 25.5. The highest BCUT2D eigenvalue weighted by Gasteiger charge is 2.42. The van der Waals surface area contributed by atoms with Crippen LogP contribution in [0.2, 0.25) is 5.02 Å². The number of carbonyl (C=O) groups is 2. The van der Waals surface area contributed by atoms with Crippen molar-refractivity contribution in [3.63, 3.8) is 0 Å². The molecule has 0 radical (unpaired) electrons. The van der Waals surface area contributed by atoms with Gasteiger partial charge in [-0.25, -0.2) is 14.4 Å². The predicted octanol–water partition coefficient (Wildman–Crippen LogP) is 6.59. The van der Waals surface area contributed by atoms with Gasteiger partial charge < -0.3 is 25.1 Å². The zero-order valence-electron chi connectivity index (χ0n) is 24.7. The van der Waals surface area contributed by atoms with Crippen molar-refractivity contribution in [2.75, 3.05) is 24.8 Å².